The second kappa shape index (κ2) is 6.78. The summed E-state index contributed by atoms with van der Waals surface area (Å²) >= 11 is 0. The summed E-state index contributed by atoms with van der Waals surface area (Å²) in [7, 11) is 4.77. The van der Waals surface area contributed by atoms with Gasteiger partial charge in [-0.1, -0.05) is 18.2 Å². The van der Waals surface area contributed by atoms with Gasteiger partial charge in [-0.2, -0.15) is 0 Å². The molecule has 1 aliphatic carbocycles. The van der Waals surface area contributed by atoms with Crippen LogP contribution in [0.5, 0.6) is 5.75 Å². The normalized spacial score (nSPS) is 14.5. The quantitative estimate of drug-likeness (QED) is 0.895. The Balaban J connectivity index is 1.87. The molecule has 0 aromatic heterocycles. The van der Waals surface area contributed by atoms with E-state index >= 15 is 0 Å². The summed E-state index contributed by atoms with van der Waals surface area (Å²) in [5.74, 6) is -0.445. The highest BCUT2D eigenvalue weighted by Crippen LogP contribution is 2.49. The maximum Gasteiger partial charge on any atom is 0.257 e. The van der Waals surface area contributed by atoms with Crippen LogP contribution in [0.4, 0.5) is 10.1 Å². The lowest BCUT2D eigenvalue weighted by Gasteiger charge is -2.18. The summed E-state index contributed by atoms with van der Waals surface area (Å²) in [5, 5.41) is 2.82. The molecule has 0 unspecified atom stereocenters. The highest BCUT2D eigenvalue weighted by atomic mass is 19.1. The van der Waals surface area contributed by atoms with Gasteiger partial charge in [0.05, 0.1) is 18.1 Å². The SMILES string of the molecule is COc1ccc(NC(=O)C2(c3ccccc3F)CC2)cc1C(=O)N(C)C. The summed E-state index contributed by atoms with van der Waals surface area (Å²) in [4.78, 5) is 26.6. The number of carbonyl (C=O) groups excluding carboxylic acids is 2. The molecule has 1 N–H and O–H groups in total. The molecular formula is C20H21FN2O3. The van der Waals surface area contributed by atoms with Crippen molar-refractivity contribution in [1.82, 2.24) is 4.90 Å². The van der Waals surface area contributed by atoms with Crippen LogP contribution in [0.2, 0.25) is 0 Å². The lowest BCUT2D eigenvalue weighted by Crippen LogP contribution is -2.29. The number of hydrogen-bond acceptors (Lipinski definition) is 3. The van der Waals surface area contributed by atoms with Gasteiger partial charge < -0.3 is 15.0 Å². The van der Waals surface area contributed by atoms with E-state index in [0.717, 1.165) is 0 Å². The smallest absolute Gasteiger partial charge is 0.257 e. The average Bonchev–Trinajstić information content (AvgIpc) is 3.43. The van der Waals surface area contributed by atoms with Crippen molar-refractivity contribution in [3.05, 3.63) is 59.4 Å². The molecule has 5 nitrogen and oxygen atoms in total. The number of amides is 2. The minimum absolute atomic E-state index is 0.229. The van der Waals surface area contributed by atoms with Crippen molar-refractivity contribution < 1.29 is 18.7 Å². The molecule has 0 saturated heterocycles. The molecule has 136 valence electrons. The molecule has 3 rings (SSSR count). The molecule has 0 atom stereocenters. The molecular weight excluding hydrogens is 335 g/mol. The van der Waals surface area contributed by atoms with Crippen molar-refractivity contribution >= 4 is 17.5 Å². The maximum absolute atomic E-state index is 14.1. The maximum atomic E-state index is 14.1. The molecule has 0 heterocycles. The van der Waals surface area contributed by atoms with Gasteiger partial charge >= 0.3 is 0 Å². The summed E-state index contributed by atoms with van der Waals surface area (Å²) in [6.07, 6.45) is 1.19. The topological polar surface area (TPSA) is 58.6 Å². The average molecular weight is 356 g/mol. The first-order valence-corrected chi connectivity index (χ1v) is 8.35. The summed E-state index contributed by atoms with van der Waals surface area (Å²) in [5.41, 5.74) is 0.405. The van der Waals surface area contributed by atoms with Gasteiger partial charge in [-0.15, -0.1) is 0 Å². The van der Waals surface area contributed by atoms with Crippen molar-refractivity contribution in [2.24, 2.45) is 0 Å². The number of anilines is 1. The molecule has 2 amide bonds. The van der Waals surface area contributed by atoms with Crippen molar-refractivity contribution in [1.29, 1.82) is 0 Å². The molecule has 26 heavy (non-hydrogen) atoms. The van der Waals surface area contributed by atoms with E-state index in [0.29, 0.717) is 35.4 Å². The first-order valence-electron chi connectivity index (χ1n) is 8.35. The number of carbonyl (C=O) groups is 2. The fraction of sp³-hybridized carbons (Fsp3) is 0.300. The number of halogens is 1. The van der Waals surface area contributed by atoms with Gasteiger partial charge in [0.2, 0.25) is 5.91 Å². The molecule has 2 aromatic rings. The van der Waals surface area contributed by atoms with Crippen LogP contribution in [0.3, 0.4) is 0 Å². The van der Waals surface area contributed by atoms with E-state index in [2.05, 4.69) is 5.32 Å². The van der Waals surface area contributed by atoms with E-state index in [1.807, 2.05) is 0 Å². The zero-order chi connectivity index (χ0) is 18.9. The number of rotatable bonds is 5. The number of methoxy groups -OCH3 is 1. The Morgan fingerprint density at radius 3 is 2.42 bits per heavy atom. The van der Waals surface area contributed by atoms with Gasteiger partial charge in [-0.25, -0.2) is 4.39 Å². The van der Waals surface area contributed by atoms with Gasteiger partial charge in [0, 0.05) is 25.3 Å². The molecule has 0 spiro atoms. The molecule has 0 bridgehead atoms. The lowest BCUT2D eigenvalue weighted by molar-refractivity contribution is -0.118. The summed E-state index contributed by atoms with van der Waals surface area (Å²) < 4.78 is 19.4. The fourth-order valence-electron chi connectivity index (χ4n) is 3.04. The highest BCUT2D eigenvalue weighted by molar-refractivity contribution is 6.03. The van der Waals surface area contributed by atoms with Crippen LogP contribution in [-0.4, -0.2) is 37.9 Å². The third-order valence-electron chi connectivity index (χ3n) is 4.67. The van der Waals surface area contributed by atoms with Gasteiger partial charge in [0.25, 0.3) is 5.91 Å². The van der Waals surface area contributed by atoms with Crippen LogP contribution >= 0.6 is 0 Å². The van der Waals surface area contributed by atoms with Crippen LogP contribution in [0.15, 0.2) is 42.5 Å². The highest BCUT2D eigenvalue weighted by Gasteiger charge is 2.52. The second-order valence-electron chi connectivity index (χ2n) is 6.63. The van der Waals surface area contributed by atoms with Crippen molar-refractivity contribution in [2.45, 2.75) is 18.3 Å². The predicted molar refractivity (Wildman–Crippen MR) is 97.0 cm³/mol. The van der Waals surface area contributed by atoms with Crippen LogP contribution in [0.25, 0.3) is 0 Å². The van der Waals surface area contributed by atoms with E-state index < -0.39 is 5.41 Å². The van der Waals surface area contributed by atoms with Crippen molar-refractivity contribution in [3.8, 4) is 5.75 Å². The first kappa shape index (κ1) is 17.9. The minimum atomic E-state index is -0.836. The number of nitrogens with zero attached hydrogens (tertiary/aromatic N) is 1. The monoisotopic (exact) mass is 356 g/mol. The number of benzene rings is 2. The molecule has 1 aliphatic rings. The van der Waals surface area contributed by atoms with Crippen LogP contribution in [-0.2, 0) is 10.2 Å². The Morgan fingerprint density at radius 2 is 1.85 bits per heavy atom. The number of ether oxygens (including phenoxy) is 1. The molecule has 0 aliphatic heterocycles. The van der Waals surface area contributed by atoms with Gasteiger partial charge in [-0.3, -0.25) is 9.59 Å². The molecule has 0 radical (unpaired) electrons. The largest absolute Gasteiger partial charge is 0.496 e. The van der Waals surface area contributed by atoms with Crippen molar-refractivity contribution in [3.63, 3.8) is 0 Å². The fourth-order valence-corrected chi connectivity index (χ4v) is 3.04. The Hall–Kier alpha value is -2.89. The van der Waals surface area contributed by atoms with E-state index in [-0.39, 0.29) is 17.6 Å². The zero-order valence-corrected chi connectivity index (χ0v) is 15.0. The minimum Gasteiger partial charge on any atom is -0.496 e. The van der Waals surface area contributed by atoms with E-state index in [1.54, 1.807) is 50.5 Å². The van der Waals surface area contributed by atoms with E-state index in [9.17, 15) is 14.0 Å². The molecule has 1 fully saturated rings. The van der Waals surface area contributed by atoms with Crippen molar-refractivity contribution in [2.75, 3.05) is 26.5 Å². The van der Waals surface area contributed by atoms with Crippen LogP contribution < -0.4 is 10.1 Å². The van der Waals surface area contributed by atoms with Crippen LogP contribution in [0.1, 0.15) is 28.8 Å². The Labute approximate surface area is 151 Å². The Kier molecular flexibility index (Phi) is 4.68. The second-order valence-corrected chi connectivity index (χ2v) is 6.63. The first-order chi connectivity index (χ1) is 12.4. The molecule has 6 heteroatoms. The predicted octanol–water partition coefficient (Wildman–Crippen LogP) is 3.21. The Bertz CT molecular complexity index is 860. The summed E-state index contributed by atoms with van der Waals surface area (Å²) in [6.45, 7) is 0. The van der Waals surface area contributed by atoms with Gasteiger partial charge in [-0.05, 0) is 37.1 Å². The van der Waals surface area contributed by atoms with Gasteiger partial charge in [0.1, 0.15) is 11.6 Å². The third-order valence-corrected chi connectivity index (χ3v) is 4.67. The van der Waals surface area contributed by atoms with E-state index in [1.165, 1.54) is 18.1 Å². The summed E-state index contributed by atoms with van der Waals surface area (Å²) in [6, 6.07) is 11.2. The molecule has 2 aromatic carbocycles. The standard InChI is InChI=1S/C20H21FN2O3/c1-23(2)18(24)14-12-13(8-9-17(14)26-3)22-19(25)20(10-11-20)15-6-4-5-7-16(15)21/h4-9,12H,10-11H2,1-3H3,(H,22,25). The number of hydrogen-bond donors (Lipinski definition) is 1. The zero-order valence-electron chi connectivity index (χ0n) is 15.0. The third kappa shape index (κ3) is 3.14. The Morgan fingerprint density at radius 1 is 1.15 bits per heavy atom. The van der Waals surface area contributed by atoms with Gasteiger partial charge in [0.15, 0.2) is 0 Å². The lowest BCUT2D eigenvalue weighted by atomic mass is 9.94. The van der Waals surface area contributed by atoms with Crippen LogP contribution in [0, 0.1) is 5.82 Å². The van der Waals surface area contributed by atoms with E-state index in [4.69, 9.17) is 4.74 Å². The molecule has 1 saturated carbocycles. The number of nitrogens with one attached hydrogen (secondary N) is 1.